The quantitative estimate of drug-likeness (QED) is 0.153. The second kappa shape index (κ2) is 14.0. The van der Waals surface area contributed by atoms with Gasteiger partial charge in [0.05, 0.1) is 0 Å². The van der Waals surface area contributed by atoms with E-state index >= 15 is 0 Å². The number of carbonyl (C=O) groups excluding carboxylic acids is 1. The Morgan fingerprint density at radius 2 is 1.24 bits per heavy atom. The van der Waals surface area contributed by atoms with Crippen LogP contribution in [0.4, 0.5) is 26.3 Å². The van der Waals surface area contributed by atoms with Gasteiger partial charge in [-0.2, -0.15) is 0 Å². The third-order valence-corrected chi connectivity index (χ3v) is 17.0. The van der Waals surface area contributed by atoms with Gasteiger partial charge >= 0.3 is 227 Å². The summed E-state index contributed by atoms with van der Waals surface area (Å²) in [5, 5.41) is 0.367. The van der Waals surface area contributed by atoms with Gasteiger partial charge in [0.15, 0.2) is 0 Å². The molecule has 0 fully saturated rings. The molecular formula is C27H43BrF6NOP. The molecule has 216 valence electrons. The van der Waals surface area contributed by atoms with Gasteiger partial charge in [-0.3, -0.25) is 0 Å². The molecule has 0 spiro atoms. The van der Waals surface area contributed by atoms with Crippen LogP contribution in [0, 0.1) is 5.92 Å². The van der Waals surface area contributed by atoms with Crippen molar-refractivity contribution in [2.24, 2.45) is 5.92 Å². The molecule has 0 radical (unpaired) electrons. The molecule has 1 aromatic carbocycles. The third kappa shape index (κ3) is 10.3. The van der Waals surface area contributed by atoms with Gasteiger partial charge in [0.1, 0.15) is 0 Å². The van der Waals surface area contributed by atoms with Crippen molar-refractivity contribution in [3.8, 4) is 0 Å². The summed E-state index contributed by atoms with van der Waals surface area (Å²) in [5.41, 5.74) is -3.59. The molecule has 0 aliphatic heterocycles. The van der Waals surface area contributed by atoms with Crippen LogP contribution in [0.5, 0.6) is 0 Å². The van der Waals surface area contributed by atoms with E-state index < -0.39 is 40.3 Å². The van der Waals surface area contributed by atoms with Crippen LogP contribution in [0.25, 0.3) is 0 Å². The summed E-state index contributed by atoms with van der Waals surface area (Å²) in [5.74, 6) is -0.901. The number of rotatable bonds is 15. The van der Waals surface area contributed by atoms with Gasteiger partial charge in [-0.05, 0) is 0 Å². The predicted octanol–water partition coefficient (Wildman–Crippen LogP) is 10.1. The fourth-order valence-electron chi connectivity index (χ4n) is 4.75. The maximum atomic E-state index is 13.4. The molecule has 0 aromatic heterocycles. The van der Waals surface area contributed by atoms with E-state index in [-0.39, 0.29) is 18.0 Å². The van der Waals surface area contributed by atoms with E-state index in [1.165, 1.54) is 0 Å². The van der Waals surface area contributed by atoms with Crippen molar-refractivity contribution in [1.82, 2.24) is 5.32 Å². The molecule has 0 saturated heterocycles. The second-order valence-electron chi connectivity index (χ2n) is 10.5. The Bertz CT molecular complexity index is 817. The molecule has 37 heavy (non-hydrogen) atoms. The number of hydrogen-bond acceptors (Lipinski definition) is 1. The van der Waals surface area contributed by atoms with Gasteiger partial charge in [-0.1, -0.05) is 0 Å². The first-order chi connectivity index (χ1) is 17.0. The molecule has 0 bridgehead atoms. The van der Waals surface area contributed by atoms with Gasteiger partial charge in [-0.15, -0.1) is 0 Å². The van der Waals surface area contributed by atoms with Crippen LogP contribution in [0.15, 0.2) is 18.2 Å². The Morgan fingerprint density at radius 1 is 0.838 bits per heavy atom. The summed E-state index contributed by atoms with van der Waals surface area (Å²) in [7, 11) is 0. The van der Waals surface area contributed by atoms with Crippen molar-refractivity contribution in [2.45, 2.75) is 98.0 Å². The zero-order valence-corrected chi connectivity index (χ0v) is 25.1. The second-order valence-corrected chi connectivity index (χ2v) is 21.9. The van der Waals surface area contributed by atoms with Crippen molar-refractivity contribution in [3.63, 3.8) is 0 Å². The SMILES string of the molecule is CCCCP(Br)(CCCC)(CCCC)C[C@@H](NC(=O)c1cc(C(F)(F)F)cc(C(F)(F)F)c1)[C@@H](C)CC. The average Bonchev–Trinajstić information content (AvgIpc) is 2.83. The Balaban J connectivity index is 3.50. The van der Waals surface area contributed by atoms with Gasteiger partial charge in [0.2, 0.25) is 0 Å². The van der Waals surface area contributed by atoms with E-state index in [4.69, 9.17) is 0 Å². The number of nitrogens with one attached hydrogen (secondary N) is 1. The number of carbonyl (C=O) groups is 1. The Kier molecular flexibility index (Phi) is 12.9. The summed E-state index contributed by atoms with van der Waals surface area (Å²) in [4.78, 5) is 13.2. The molecule has 10 heteroatoms. The molecule has 0 aliphatic rings. The van der Waals surface area contributed by atoms with Crippen molar-refractivity contribution in [1.29, 1.82) is 0 Å². The number of alkyl halides is 6. The number of amides is 1. The van der Waals surface area contributed by atoms with E-state index in [1.54, 1.807) is 0 Å². The summed E-state index contributed by atoms with van der Waals surface area (Å²) in [6.45, 7) is 10.4. The molecule has 1 aromatic rings. The van der Waals surface area contributed by atoms with E-state index in [9.17, 15) is 31.1 Å². The third-order valence-electron chi connectivity index (χ3n) is 7.36. The normalized spacial score (nSPS) is 15.6. The van der Waals surface area contributed by atoms with Gasteiger partial charge in [0.25, 0.3) is 0 Å². The maximum absolute atomic E-state index is 13.4. The zero-order valence-electron chi connectivity index (χ0n) is 22.7. The fourth-order valence-corrected chi connectivity index (χ4v) is 13.9. The first kappa shape index (κ1) is 34.2. The van der Waals surface area contributed by atoms with Crippen LogP contribution < -0.4 is 5.32 Å². The van der Waals surface area contributed by atoms with Crippen LogP contribution in [0.2, 0.25) is 0 Å². The minimum atomic E-state index is -5.01. The van der Waals surface area contributed by atoms with Crippen LogP contribution in [0.1, 0.15) is 101 Å². The molecule has 2 nitrogen and oxygen atoms in total. The van der Waals surface area contributed by atoms with E-state index in [2.05, 4.69) is 41.6 Å². The van der Waals surface area contributed by atoms with Crippen molar-refractivity contribution < 1.29 is 31.1 Å². The average molecular weight is 623 g/mol. The molecule has 1 amide bonds. The summed E-state index contributed by atoms with van der Waals surface area (Å²) < 4.78 is 80.2. The summed E-state index contributed by atoms with van der Waals surface area (Å²) >= 11 is 4.30. The number of hydrogen-bond donors (Lipinski definition) is 1. The standard InChI is InChI=1S/C27H43BrF6NOP/c1-6-10-13-37(28,14-11-7-2,15-12-8-3)19-24(20(5)9-4)35-25(36)21-16-22(26(29,30)31)18-23(17-21)27(32,33)34/h16-18,20,24H,6-15,19H2,1-5H3,(H,35,36)/t20-,24+/m0/s1. The number of benzene rings is 1. The molecular weight excluding hydrogens is 579 g/mol. The van der Waals surface area contributed by atoms with E-state index in [1.807, 2.05) is 13.8 Å². The van der Waals surface area contributed by atoms with Crippen molar-refractivity contribution in [3.05, 3.63) is 34.9 Å². The predicted molar refractivity (Wildman–Crippen MR) is 147 cm³/mol. The molecule has 0 heterocycles. The molecule has 0 aliphatic carbocycles. The topological polar surface area (TPSA) is 29.1 Å². The van der Waals surface area contributed by atoms with Gasteiger partial charge < -0.3 is 0 Å². The Morgan fingerprint density at radius 3 is 1.57 bits per heavy atom. The summed E-state index contributed by atoms with van der Waals surface area (Å²) in [6.07, 6.45) is 0.551. The molecule has 0 unspecified atom stereocenters. The van der Waals surface area contributed by atoms with Crippen molar-refractivity contribution >= 4 is 26.7 Å². The van der Waals surface area contributed by atoms with Gasteiger partial charge in [0, 0.05) is 0 Å². The van der Waals surface area contributed by atoms with Crippen LogP contribution >= 0.6 is 20.8 Å². The monoisotopic (exact) mass is 621 g/mol. The zero-order chi connectivity index (χ0) is 28.5. The Hall–Kier alpha value is -0.820. The molecule has 1 rings (SSSR count). The van der Waals surface area contributed by atoms with Gasteiger partial charge in [-0.25, -0.2) is 0 Å². The van der Waals surface area contributed by atoms with Crippen LogP contribution in [-0.2, 0) is 12.4 Å². The van der Waals surface area contributed by atoms with Crippen LogP contribution in [0.3, 0.4) is 0 Å². The number of halogens is 7. The molecule has 2 atom stereocenters. The molecule has 1 N–H and O–H groups in total. The van der Waals surface area contributed by atoms with Crippen molar-refractivity contribution in [2.75, 3.05) is 24.6 Å². The first-order valence-corrected chi connectivity index (χ1v) is 18.3. The summed E-state index contributed by atoms with van der Waals surface area (Å²) in [6, 6.07) is 0.701. The van der Waals surface area contributed by atoms with E-state index in [0.29, 0.717) is 18.3 Å². The number of unbranched alkanes of at least 4 members (excludes halogenated alkanes) is 3. The fraction of sp³-hybridized carbons (Fsp3) is 0.741. The first-order valence-electron chi connectivity index (χ1n) is 13.3. The van der Waals surface area contributed by atoms with E-state index in [0.717, 1.165) is 63.4 Å². The Labute approximate surface area is 226 Å². The van der Waals surface area contributed by atoms with Crippen LogP contribution in [-0.4, -0.2) is 36.6 Å². The minimum absolute atomic E-state index is 0.000708. The molecule has 0 saturated carbocycles.